The zero-order valence-electron chi connectivity index (χ0n) is 19.1. The molecule has 5 rings (SSSR count). The van der Waals surface area contributed by atoms with E-state index in [1.165, 1.54) is 27.8 Å². The Morgan fingerprint density at radius 1 is 0.545 bits per heavy atom. The molecule has 2 aromatic heterocycles. The van der Waals surface area contributed by atoms with Crippen LogP contribution < -0.4 is 9.13 Å². The molecule has 0 saturated carbocycles. The zero-order valence-corrected chi connectivity index (χ0v) is 19.1. The van der Waals surface area contributed by atoms with Crippen LogP contribution in [0.3, 0.4) is 0 Å². The summed E-state index contributed by atoms with van der Waals surface area (Å²) in [7, 11) is 0. The Labute approximate surface area is 195 Å². The molecule has 0 bridgehead atoms. The van der Waals surface area contributed by atoms with Crippen molar-refractivity contribution in [3.63, 3.8) is 0 Å². The van der Waals surface area contributed by atoms with E-state index in [1.807, 2.05) is 0 Å². The van der Waals surface area contributed by atoms with E-state index >= 15 is 0 Å². The maximum atomic E-state index is 2.24. The molecular formula is C29H30N4+2. The standard InChI is InChI=1S/C29H30N4/c1-25-7-9-27(10-8-25)20-31-17-18-33(24-31)22-29-13-11-28(12-14-29)21-32-16-15-30(23-32)19-26-5-3-2-4-6-26/h2-18,23-24H,19-22H2,1H3/q+2. The Balaban J connectivity index is 1.17. The highest BCUT2D eigenvalue weighted by atomic mass is 15.1. The molecular weight excluding hydrogens is 404 g/mol. The van der Waals surface area contributed by atoms with Gasteiger partial charge in [0.2, 0.25) is 12.7 Å². The van der Waals surface area contributed by atoms with Gasteiger partial charge in [0, 0.05) is 0 Å². The van der Waals surface area contributed by atoms with E-state index < -0.39 is 0 Å². The fourth-order valence-corrected chi connectivity index (χ4v) is 4.12. The minimum atomic E-state index is 0.877. The molecule has 2 heterocycles. The Hall–Kier alpha value is -3.92. The van der Waals surface area contributed by atoms with Crippen LogP contribution in [0.2, 0.25) is 0 Å². The monoisotopic (exact) mass is 434 g/mol. The number of aryl methyl sites for hydroxylation is 1. The molecule has 0 N–H and O–H groups in total. The van der Waals surface area contributed by atoms with Gasteiger partial charge in [-0.15, -0.1) is 0 Å². The van der Waals surface area contributed by atoms with Gasteiger partial charge in [-0.25, -0.2) is 18.3 Å². The van der Waals surface area contributed by atoms with E-state index in [2.05, 4.69) is 141 Å². The van der Waals surface area contributed by atoms with E-state index in [0.29, 0.717) is 0 Å². The number of hydrogen-bond donors (Lipinski definition) is 0. The Morgan fingerprint density at radius 2 is 1.00 bits per heavy atom. The summed E-state index contributed by atoms with van der Waals surface area (Å²) in [6, 6.07) is 28.3. The van der Waals surface area contributed by atoms with Crippen LogP contribution in [-0.2, 0) is 26.2 Å². The highest BCUT2D eigenvalue weighted by molar-refractivity contribution is 5.23. The lowest BCUT2D eigenvalue weighted by atomic mass is 10.1. The summed E-state index contributed by atoms with van der Waals surface area (Å²) >= 11 is 0. The number of nitrogens with zero attached hydrogens (tertiary/aromatic N) is 4. The summed E-state index contributed by atoms with van der Waals surface area (Å²) in [4.78, 5) is 0. The maximum Gasteiger partial charge on any atom is 0.244 e. The van der Waals surface area contributed by atoms with Crippen LogP contribution in [0, 0.1) is 6.92 Å². The third-order valence-electron chi connectivity index (χ3n) is 5.94. The highest BCUT2D eigenvalue weighted by Gasteiger charge is 2.08. The van der Waals surface area contributed by atoms with Crippen LogP contribution in [0.15, 0.2) is 116 Å². The molecule has 0 aliphatic carbocycles. The van der Waals surface area contributed by atoms with Crippen LogP contribution in [0.25, 0.3) is 0 Å². The lowest BCUT2D eigenvalue weighted by Gasteiger charge is -2.02. The lowest BCUT2D eigenvalue weighted by molar-refractivity contribution is -0.688. The summed E-state index contributed by atoms with van der Waals surface area (Å²) in [5.41, 5.74) is 6.55. The average molecular weight is 435 g/mol. The summed E-state index contributed by atoms with van der Waals surface area (Å²) in [6.07, 6.45) is 12.9. The van der Waals surface area contributed by atoms with Gasteiger partial charge in [-0.1, -0.05) is 84.4 Å². The molecule has 0 aliphatic rings. The first-order chi connectivity index (χ1) is 16.2. The van der Waals surface area contributed by atoms with E-state index in [4.69, 9.17) is 0 Å². The molecule has 4 nitrogen and oxygen atoms in total. The third-order valence-corrected chi connectivity index (χ3v) is 5.94. The third kappa shape index (κ3) is 5.66. The van der Waals surface area contributed by atoms with E-state index in [-0.39, 0.29) is 0 Å². The molecule has 33 heavy (non-hydrogen) atoms. The molecule has 164 valence electrons. The van der Waals surface area contributed by atoms with E-state index in [0.717, 1.165) is 26.2 Å². The average Bonchev–Trinajstić information content (AvgIpc) is 3.46. The lowest BCUT2D eigenvalue weighted by Crippen LogP contribution is -2.31. The van der Waals surface area contributed by atoms with Gasteiger partial charge in [0.25, 0.3) is 0 Å². The summed E-state index contributed by atoms with van der Waals surface area (Å²) in [5.74, 6) is 0. The second kappa shape index (κ2) is 9.70. The molecule has 0 amide bonds. The fraction of sp³-hybridized carbons (Fsp3) is 0.172. The van der Waals surface area contributed by atoms with Crippen molar-refractivity contribution in [2.24, 2.45) is 0 Å². The number of hydrogen-bond acceptors (Lipinski definition) is 0. The van der Waals surface area contributed by atoms with E-state index in [1.54, 1.807) is 0 Å². The van der Waals surface area contributed by atoms with Gasteiger partial charge < -0.3 is 0 Å². The molecule has 4 heteroatoms. The molecule has 0 spiro atoms. The van der Waals surface area contributed by atoms with Gasteiger partial charge in [0.1, 0.15) is 51.0 Å². The van der Waals surface area contributed by atoms with Crippen molar-refractivity contribution in [2.45, 2.75) is 33.1 Å². The van der Waals surface area contributed by atoms with Gasteiger partial charge in [0.05, 0.1) is 0 Å². The first kappa shape index (κ1) is 21.0. The van der Waals surface area contributed by atoms with Gasteiger partial charge in [-0.2, -0.15) is 0 Å². The normalized spacial score (nSPS) is 11.1. The fourth-order valence-electron chi connectivity index (χ4n) is 4.12. The number of aromatic nitrogens is 4. The van der Waals surface area contributed by atoms with Crippen LogP contribution >= 0.6 is 0 Å². The first-order valence-corrected chi connectivity index (χ1v) is 11.5. The second-order valence-electron chi connectivity index (χ2n) is 8.80. The van der Waals surface area contributed by atoms with Gasteiger partial charge in [0.15, 0.2) is 0 Å². The van der Waals surface area contributed by atoms with Gasteiger partial charge in [-0.05, 0) is 29.2 Å². The van der Waals surface area contributed by atoms with Crippen molar-refractivity contribution >= 4 is 0 Å². The van der Waals surface area contributed by atoms with Gasteiger partial charge >= 0.3 is 0 Å². The molecule has 0 aliphatic heterocycles. The van der Waals surface area contributed by atoms with Crippen LogP contribution in [0.1, 0.15) is 27.8 Å². The van der Waals surface area contributed by atoms with Crippen molar-refractivity contribution < 1.29 is 9.13 Å². The predicted molar refractivity (Wildman–Crippen MR) is 130 cm³/mol. The summed E-state index contributed by atoms with van der Waals surface area (Å²) in [6.45, 7) is 5.67. The molecule has 0 unspecified atom stereocenters. The number of rotatable bonds is 8. The molecule has 0 atom stereocenters. The highest BCUT2D eigenvalue weighted by Crippen LogP contribution is 2.08. The van der Waals surface area contributed by atoms with Crippen molar-refractivity contribution in [1.29, 1.82) is 0 Å². The molecule has 3 aromatic carbocycles. The quantitative estimate of drug-likeness (QED) is 0.323. The number of imidazole rings is 2. The minimum absolute atomic E-state index is 0.877. The van der Waals surface area contributed by atoms with Crippen LogP contribution in [0.4, 0.5) is 0 Å². The molecule has 0 radical (unpaired) electrons. The summed E-state index contributed by atoms with van der Waals surface area (Å²) in [5, 5.41) is 0. The Bertz CT molecular complexity index is 1300. The van der Waals surface area contributed by atoms with Crippen molar-refractivity contribution in [1.82, 2.24) is 9.13 Å². The minimum Gasteiger partial charge on any atom is -0.233 e. The second-order valence-corrected chi connectivity index (χ2v) is 8.80. The topological polar surface area (TPSA) is 17.6 Å². The van der Waals surface area contributed by atoms with Crippen LogP contribution in [-0.4, -0.2) is 9.13 Å². The molecule has 0 saturated heterocycles. The number of benzene rings is 3. The van der Waals surface area contributed by atoms with Crippen molar-refractivity contribution in [2.75, 3.05) is 0 Å². The van der Waals surface area contributed by atoms with Crippen molar-refractivity contribution in [3.05, 3.63) is 144 Å². The molecule has 5 aromatic rings. The van der Waals surface area contributed by atoms with Crippen LogP contribution in [0.5, 0.6) is 0 Å². The largest absolute Gasteiger partial charge is 0.244 e. The predicted octanol–water partition coefficient (Wildman–Crippen LogP) is 4.37. The smallest absolute Gasteiger partial charge is 0.233 e. The van der Waals surface area contributed by atoms with E-state index in [9.17, 15) is 0 Å². The molecule has 0 fully saturated rings. The van der Waals surface area contributed by atoms with Gasteiger partial charge in [-0.3, -0.25) is 0 Å². The zero-order chi connectivity index (χ0) is 22.5. The summed E-state index contributed by atoms with van der Waals surface area (Å²) < 4.78 is 8.93. The Morgan fingerprint density at radius 3 is 1.55 bits per heavy atom. The first-order valence-electron chi connectivity index (χ1n) is 11.5. The maximum absolute atomic E-state index is 2.24. The Kier molecular flexibility index (Phi) is 6.16. The van der Waals surface area contributed by atoms with Crippen molar-refractivity contribution in [3.8, 4) is 0 Å². The SMILES string of the molecule is Cc1ccc(Cn2cc[n+](Cc3ccc(Cn4cc[n+](Cc5ccccc5)c4)cc3)c2)cc1.